The highest BCUT2D eigenvalue weighted by molar-refractivity contribution is 6.31. The lowest BCUT2D eigenvalue weighted by Crippen LogP contribution is -2.38. The van der Waals surface area contributed by atoms with Gasteiger partial charge in [-0.15, -0.1) is 0 Å². The molecule has 22 heavy (non-hydrogen) atoms. The molecule has 1 N–H and O–H groups in total. The molecule has 1 rings (SSSR count). The van der Waals surface area contributed by atoms with E-state index in [1.165, 1.54) is 14.0 Å². The molecule has 0 aliphatic rings. The predicted octanol–water partition coefficient (Wildman–Crippen LogP) is 2.82. The molecule has 0 amide bonds. The van der Waals surface area contributed by atoms with Gasteiger partial charge in [-0.2, -0.15) is 0 Å². The number of hydrogen-bond donors (Lipinski definition) is 1. The van der Waals surface area contributed by atoms with E-state index in [2.05, 4.69) is 0 Å². The number of aryl methyl sites for hydroxylation is 1. The number of ether oxygens (including phenoxy) is 2. The largest absolute Gasteiger partial charge is 0.496 e. The first kappa shape index (κ1) is 18.5. The van der Waals surface area contributed by atoms with Crippen molar-refractivity contribution in [3.8, 4) is 5.75 Å². The van der Waals surface area contributed by atoms with Gasteiger partial charge in [0.15, 0.2) is 5.60 Å². The summed E-state index contributed by atoms with van der Waals surface area (Å²) in [4.78, 5) is 23.7. The summed E-state index contributed by atoms with van der Waals surface area (Å²) in [5, 5.41) is 10.3. The SMILES string of the molecule is CCCC(C)(O)C(=O)OC(=O)Cc1c(Cl)cc(C)cc1OC. The Morgan fingerprint density at radius 3 is 2.55 bits per heavy atom. The average Bonchev–Trinajstić information content (AvgIpc) is 2.41. The fraction of sp³-hybridized carbons (Fsp3) is 0.500. The minimum Gasteiger partial charge on any atom is -0.496 e. The number of hydrogen-bond acceptors (Lipinski definition) is 5. The van der Waals surface area contributed by atoms with Gasteiger partial charge in [-0.1, -0.05) is 24.9 Å². The highest BCUT2D eigenvalue weighted by atomic mass is 35.5. The van der Waals surface area contributed by atoms with Gasteiger partial charge in [0.05, 0.1) is 13.5 Å². The predicted molar refractivity (Wildman–Crippen MR) is 83.1 cm³/mol. The van der Waals surface area contributed by atoms with Crippen LogP contribution in [0.5, 0.6) is 5.75 Å². The summed E-state index contributed by atoms with van der Waals surface area (Å²) in [6.45, 7) is 4.99. The molecule has 1 aromatic rings. The second-order valence-electron chi connectivity index (χ2n) is 5.39. The van der Waals surface area contributed by atoms with Crippen molar-refractivity contribution in [2.24, 2.45) is 0 Å². The Hall–Kier alpha value is -1.59. The Morgan fingerprint density at radius 2 is 2.00 bits per heavy atom. The molecule has 6 heteroatoms. The lowest BCUT2D eigenvalue weighted by atomic mass is 10.0. The third kappa shape index (κ3) is 4.71. The Labute approximate surface area is 135 Å². The smallest absolute Gasteiger partial charge is 0.345 e. The van der Waals surface area contributed by atoms with Crippen LogP contribution in [0.15, 0.2) is 12.1 Å². The number of carbonyl (C=O) groups excluding carboxylic acids is 2. The summed E-state index contributed by atoms with van der Waals surface area (Å²) in [5.41, 5.74) is -0.338. The second-order valence-corrected chi connectivity index (χ2v) is 5.80. The lowest BCUT2D eigenvalue weighted by molar-refractivity contribution is -0.173. The van der Waals surface area contributed by atoms with Gasteiger partial charge in [0.2, 0.25) is 0 Å². The van der Waals surface area contributed by atoms with Crippen molar-refractivity contribution < 1.29 is 24.2 Å². The van der Waals surface area contributed by atoms with Gasteiger partial charge in [0, 0.05) is 10.6 Å². The van der Waals surface area contributed by atoms with Crippen LogP contribution in [0.3, 0.4) is 0 Å². The number of halogens is 1. The van der Waals surface area contributed by atoms with Crippen molar-refractivity contribution >= 4 is 23.5 Å². The minimum atomic E-state index is -1.68. The first-order valence-corrected chi connectivity index (χ1v) is 7.39. The standard InChI is InChI=1S/C16H21ClO5/c1-5-6-16(3,20)15(19)22-14(18)9-11-12(17)7-10(2)8-13(11)21-4/h7-8,20H,5-6,9H2,1-4H3. The molecule has 0 aromatic heterocycles. The Kier molecular flexibility index (Phi) is 6.38. The number of methoxy groups -OCH3 is 1. The van der Waals surface area contributed by atoms with Crippen molar-refractivity contribution in [1.82, 2.24) is 0 Å². The zero-order valence-corrected chi connectivity index (χ0v) is 14.0. The van der Waals surface area contributed by atoms with Gasteiger partial charge < -0.3 is 14.6 Å². The minimum absolute atomic E-state index is 0.212. The molecule has 1 unspecified atom stereocenters. The van der Waals surface area contributed by atoms with Gasteiger partial charge in [0.25, 0.3) is 0 Å². The highest BCUT2D eigenvalue weighted by Gasteiger charge is 2.33. The van der Waals surface area contributed by atoms with E-state index in [4.69, 9.17) is 21.1 Å². The maximum Gasteiger partial charge on any atom is 0.345 e. The van der Waals surface area contributed by atoms with Crippen molar-refractivity contribution in [3.63, 3.8) is 0 Å². The third-order valence-corrected chi connectivity index (χ3v) is 3.56. The molecule has 0 bridgehead atoms. The Bertz CT molecular complexity index is 566. The van der Waals surface area contributed by atoms with E-state index in [-0.39, 0.29) is 12.8 Å². The summed E-state index contributed by atoms with van der Waals surface area (Å²) >= 11 is 6.11. The van der Waals surface area contributed by atoms with Crippen molar-refractivity contribution in [3.05, 3.63) is 28.3 Å². The number of carbonyl (C=O) groups is 2. The summed E-state index contributed by atoms with van der Waals surface area (Å²) in [7, 11) is 1.47. The zero-order valence-electron chi connectivity index (χ0n) is 13.2. The highest BCUT2D eigenvalue weighted by Crippen LogP contribution is 2.29. The van der Waals surface area contributed by atoms with E-state index in [0.717, 1.165) is 5.56 Å². The maximum absolute atomic E-state index is 11.9. The van der Waals surface area contributed by atoms with Crippen LogP contribution in [-0.2, 0) is 20.7 Å². The normalized spacial score (nSPS) is 13.4. The summed E-state index contributed by atoms with van der Waals surface area (Å²) < 4.78 is 9.91. The molecule has 0 fully saturated rings. The fourth-order valence-electron chi connectivity index (χ4n) is 2.08. The van der Waals surface area contributed by atoms with E-state index in [1.54, 1.807) is 12.1 Å². The number of esters is 2. The molecule has 5 nitrogen and oxygen atoms in total. The quantitative estimate of drug-likeness (QED) is 0.642. The van der Waals surface area contributed by atoms with Crippen LogP contribution < -0.4 is 4.74 Å². The van der Waals surface area contributed by atoms with Crippen LogP contribution in [0.25, 0.3) is 0 Å². The molecule has 0 radical (unpaired) electrons. The van der Waals surface area contributed by atoms with Crippen molar-refractivity contribution in [1.29, 1.82) is 0 Å². The van der Waals surface area contributed by atoms with Gasteiger partial charge in [-0.05, 0) is 38.0 Å². The Morgan fingerprint density at radius 1 is 1.36 bits per heavy atom. The molecule has 0 saturated carbocycles. The lowest BCUT2D eigenvalue weighted by Gasteiger charge is -2.19. The first-order valence-electron chi connectivity index (χ1n) is 7.01. The van der Waals surface area contributed by atoms with E-state index in [9.17, 15) is 14.7 Å². The van der Waals surface area contributed by atoms with E-state index >= 15 is 0 Å². The third-order valence-electron chi connectivity index (χ3n) is 3.22. The summed E-state index contributed by atoms with van der Waals surface area (Å²) in [6, 6.07) is 3.44. The molecule has 0 spiro atoms. The van der Waals surface area contributed by atoms with Crippen LogP contribution in [-0.4, -0.2) is 29.8 Å². The molecule has 0 aliphatic carbocycles. The number of benzene rings is 1. The van der Waals surface area contributed by atoms with Gasteiger partial charge in [0.1, 0.15) is 5.75 Å². The zero-order chi connectivity index (χ0) is 16.9. The van der Waals surface area contributed by atoms with Crippen molar-refractivity contribution in [2.75, 3.05) is 7.11 Å². The molecule has 122 valence electrons. The van der Waals surface area contributed by atoms with Crippen LogP contribution in [0.4, 0.5) is 0 Å². The Balaban J connectivity index is 2.84. The van der Waals surface area contributed by atoms with E-state index in [0.29, 0.717) is 22.8 Å². The molecule has 1 atom stereocenters. The molecule has 0 saturated heterocycles. The van der Waals surface area contributed by atoms with Gasteiger partial charge >= 0.3 is 11.9 Å². The topological polar surface area (TPSA) is 72.8 Å². The van der Waals surface area contributed by atoms with E-state index < -0.39 is 17.5 Å². The first-order chi connectivity index (χ1) is 10.2. The number of aliphatic hydroxyl groups is 1. The molecule has 1 aromatic carbocycles. The van der Waals surface area contributed by atoms with Crippen molar-refractivity contribution in [2.45, 2.75) is 45.6 Å². The molecule has 0 aliphatic heterocycles. The summed E-state index contributed by atoms with van der Waals surface area (Å²) in [6.07, 6.45) is 0.595. The molecule has 0 heterocycles. The van der Waals surface area contributed by atoms with Crippen LogP contribution in [0, 0.1) is 6.92 Å². The van der Waals surface area contributed by atoms with E-state index in [1.807, 2.05) is 13.8 Å². The number of rotatable bonds is 6. The van der Waals surface area contributed by atoms with Crippen LogP contribution >= 0.6 is 11.6 Å². The maximum atomic E-state index is 11.9. The van der Waals surface area contributed by atoms with Crippen LogP contribution in [0.2, 0.25) is 5.02 Å². The monoisotopic (exact) mass is 328 g/mol. The van der Waals surface area contributed by atoms with Gasteiger partial charge in [-0.3, -0.25) is 4.79 Å². The average molecular weight is 329 g/mol. The fourth-order valence-corrected chi connectivity index (χ4v) is 2.41. The van der Waals surface area contributed by atoms with Gasteiger partial charge in [-0.25, -0.2) is 4.79 Å². The second kappa shape index (κ2) is 7.61. The molecular formula is C16H21ClO5. The van der Waals surface area contributed by atoms with Crippen LogP contribution in [0.1, 0.15) is 37.8 Å². The molecular weight excluding hydrogens is 308 g/mol. The summed E-state index contributed by atoms with van der Waals surface area (Å²) in [5.74, 6) is -1.29.